The standard InChI is InChI=1S/C22H19ClO2/c1-16-15-19(13-14-21(16)23)25-22(24)20-10-6-5-9-18(20)12-11-17-7-3-2-4-8-17/h2-10,13-15H,11-12H2,1H3. The second kappa shape index (κ2) is 8.00. The number of benzene rings is 3. The molecule has 2 nitrogen and oxygen atoms in total. The van der Waals surface area contributed by atoms with Gasteiger partial charge in [-0.3, -0.25) is 0 Å². The monoisotopic (exact) mass is 350 g/mol. The third-order valence-electron chi connectivity index (χ3n) is 4.10. The first-order chi connectivity index (χ1) is 12.1. The summed E-state index contributed by atoms with van der Waals surface area (Å²) in [5.41, 5.74) is 3.72. The van der Waals surface area contributed by atoms with Crippen molar-refractivity contribution in [3.63, 3.8) is 0 Å². The van der Waals surface area contributed by atoms with Crippen molar-refractivity contribution in [1.82, 2.24) is 0 Å². The summed E-state index contributed by atoms with van der Waals surface area (Å²) in [6, 6.07) is 23.1. The number of rotatable bonds is 5. The molecule has 0 aliphatic rings. The summed E-state index contributed by atoms with van der Waals surface area (Å²) in [4.78, 5) is 12.6. The molecule has 0 saturated carbocycles. The Hall–Kier alpha value is -2.58. The molecule has 3 rings (SSSR count). The third-order valence-corrected chi connectivity index (χ3v) is 4.53. The summed E-state index contributed by atoms with van der Waals surface area (Å²) < 4.78 is 5.53. The SMILES string of the molecule is Cc1cc(OC(=O)c2ccccc2CCc2ccccc2)ccc1Cl. The fourth-order valence-electron chi connectivity index (χ4n) is 2.70. The van der Waals surface area contributed by atoms with Gasteiger partial charge in [0.05, 0.1) is 5.56 Å². The molecule has 3 aromatic rings. The number of ether oxygens (including phenoxy) is 1. The van der Waals surface area contributed by atoms with Gasteiger partial charge >= 0.3 is 5.97 Å². The highest BCUT2D eigenvalue weighted by Gasteiger charge is 2.14. The van der Waals surface area contributed by atoms with Crippen molar-refractivity contribution in [1.29, 1.82) is 0 Å². The highest BCUT2D eigenvalue weighted by atomic mass is 35.5. The largest absolute Gasteiger partial charge is 0.423 e. The number of carbonyl (C=O) groups is 1. The molecule has 3 aromatic carbocycles. The summed E-state index contributed by atoms with van der Waals surface area (Å²) in [5.74, 6) is 0.162. The van der Waals surface area contributed by atoms with E-state index in [1.165, 1.54) is 5.56 Å². The zero-order chi connectivity index (χ0) is 17.6. The predicted octanol–water partition coefficient (Wildman–Crippen LogP) is 5.65. The van der Waals surface area contributed by atoms with Crippen LogP contribution < -0.4 is 4.74 Å². The molecule has 0 fully saturated rings. The van der Waals surface area contributed by atoms with E-state index < -0.39 is 0 Å². The van der Waals surface area contributed by atoms with Gasteiger partial charge in [-0.05, 0) is 60.7 Å². The van der Waals surface area contributed by atoms with E-state index in [1.807, 2.05) is 49.4 Å². The molecule has 0 bridgehead atoms. The second-order valence-corrected chi connectivity index (χ2v) is 6.35. The topological polar surface area (TPSA) is 26.3 Å². The smallest absolute Gasteiger partial charge is 0.343 e. The Labute approximate surface area is 153 Å². The lowest BCUT2D eigenvalue weighted by molar-refractivity contribution is 0.0733. The van der Waals surface area contributed by atoms with Crippen molar-refractivity contribution in [3.8, 4) is 5.75 Å². The van der Waals surface area contributed by atoms with E-state index in [0.717, 1.165) is 24.0 Å². The van der Waals surface area contributed by atoms with Crippen LogP contribution in [0.4, 0.5) is 0 Å². The molecule has 0 saturated heterocycles. The zero-order valence-corrected chi connectivity index (χ0v) is 14.8. The Bertz CT molecular complexity index is 872. The minimum Gasteiger partial charge on any atom is -0.423 e. The average molecular weight is 351 g/mol. The van der Waals surface area contributed by atoms with E-state index in [-0.39, 0.29) is 5.97 Å². The van der Waals surface area contributed by atoms with Gasteiger partial charge in [-0.15, -0.1) is 0 Å². The molecule has 126 valence electrons. The molecule has 0 amide bonds. The maximum absolute atomic E-state index is 12.6. The van der Waals surface area contributed by atoms with Gasteiger partial charge < -0.3 is 4.74 Å². The Balaban J connectivity index is 1.75. The summed E-state index contributed by atoms with van der Waals surface area (Å²) in [6.07, 6.45) is 1.67. The van der Waals surface area contributed by atoms with Gasteiger partial charge in [0.1, 0.15) is 5.75 Å². The van der Waals surface area contributed by atoms with E-state index in [0.29, 0.717) is 16.3 Å². The van der Waals surface area contributed by atoms with Crippen molar-refractivity contribution in [3.05, 3.63) is 100 Å². The minimum absolute atomic E-state index is 0.342. The molecule has 3 heteroatoms. The Morgan fingerprint density at radius 2 is 1.64 bits per heavy atom. The average Bonchev–Trinajstić information content (AvgIpc) is 2.64. The van der Waals surface area contributed by atoms with E-state index in [9.17, 15) is 4.79 Å². The van der Waals surface area contributed by atoms with E-state index in [4.69, 9.17) is 16.3 Å². The second-order valence-electron chi connectivity index (χ2n) is 5.94. The first-order valence-corrected chi connectivity index (χ1v) is 8.61. The fraction of sp³-hybridized carbons (Fsp3) is 0.136. The van der Waals surface area contributed by atoms with Gasteiger partial charge in [-0.1, -0.05) is 60.1 Å². The first-order valence-electron chi connectivity index (χ1n) is 8.23. The van der Waals surface area contributed by atoms with Crippen LogP contribution in [0.2, 0.25) is 5.02 Å². The van der Waals surface area contributed by atoms with Gasteiger partial charge in [0, 0.05) is 5.02 Å². The van der Waals surface area contributed by atoms with Crippen LogP contribution in [0.1, 0.15) is 27.0 Å². The lowest BCUT2D eigenvalue weighted by Crippen LogP contribution is -2.12. The molecule has 0 N–H and O–H groups in total. The van der Waals surface area contributed by atoms with Gasteiger partial charge in [0.15, 0.2) is 0 Å². The molecule has 0 unspecified atom stereocenters. The maximum Gasteiger partial charge on any atom is 0.343 e. The van der Waals surface area contributed by atoms with E-state index in [2.05, 4.69) is 12.1 Å². The predicted molar refractivity (Wildman–Crippen MR) is 101 cm³/mol. The van der Waals surface area contributed by atoms with Crippen LogP contribution in [-0.4, -0.2) is 5.97 Å². The Morgan fingerprint density at radius 1 is 0.920 bits per heavy atom. The van der Waals surface area contributed by atoms with E-state index in [1.54, 1.807) is 18.2 Å². The Kier molecular flexibility index (Phi) is 5.52. The molecular formula is C22H19ClO2. The maximum atomic E-state index is 12.6. The van der Waals surface area contributed by atoms with Crippen molar-refractivity contribution >= 4 is 17.6 Å². The molecule has 0 aliphatic carbocycles. The number of esters is 1. The lowest BCUT2D eigenvalue weighted by Gasteiger charge is -2.10. The van der Waals surface area contributed by atoms with Crippen LogP contribution in [0.25, 0.3) is 0 Å². The third kappa shape index (κ3) is 4.49. The molecular weight excluding hydrogens is 332 g/mol. The van der Waals surface area contributed by atoms with Crippen molar-refractivity contribution < 1.29 is 9.53 Å². The molecule has 0 aromatic heterocycles. The van der Waals surface area contributed by atoms with Gasteiger partial charge in [-0.25, -0.2) is 4.79 Å². The summed E-state index contributed by atoms with van der Waals surface area (Å²) in [5, 5.41) is 0.656. The van der Waals surface area contributed by atoms with Gasteiger partial charge in [-0.2, -0.15) is 0 Å². The fourth-order valence-corrected chi connectivity index (χ4v) is 2.82. The van der Waals surface area contributed by atoms with Gasteiger partial charge in [0.25, 0.3) is 0 Å². The molecule has 0 aliphatic heterocycles. The van der Waals surface area contributed by atoms with Crippen molar-refractivity contribution in [2.75, 3.05) is 0 Å². The number of halogens is 1. The first kappa shape index (κ1) is 17.2. The highest BCUT2D eigenvalue weighted by molar-refractivity contribution is 6.31. The zero-order valence-electron chi connectivity index (χ0n) is 14.0. The molecule has 0 spiro atoms. The normalized spacial score (nSPS) is 10.5. The number of aryl methyl sites for hydroxylation is 3. The molecule has 0 heterocycles. The number of hydrogen-bond acceptors (Lipinski definition) is 2. The van der Waals surface area contributed by atoms with Crippen molar-refractivity contribution in [2.45, 2.75) is 19.8 Å². The van der Waals surface area contributed by atoms with Crippen LogP contribution in [0, 0.1) is 6.92 Å². The van der Waals surface area contributed by atoms with Crippen LogP contribution in [-0.2, 0) is 12.8 Å². The van der Waals surface area contributed by atoms with Crippen LogP contribution in [0.3, 0.4) is 0 Å². The number of hydrogen-bond donors (Lipinski definition) is 0. The molecule has 25 heavy (non-hydrogen) atoms. The number of carbonyl (C=O) groups excluding carboxylic acids is 1. The minimum atomic E-state index is -0.342. The summed E-state index contributed by atoms with van der Waals surface area (Å²) >= 11 is 6.02. The summed E-state index contributed by atoms with van der Waals surface area (Å²) in [6.45, 7) is 1.88. The van der Waals surface area contributed by atoms with Gasteiger partial charge in [0.2, 0.25) is 0 Å². The van der Waals surface area contributed by atoms with Crippen LogP contribution >= 0.6 is 11.6 Å². The quantitative estimate of drug-likeness (QED) is 0.439. The lowest BCUT2D eigenvalue weighted by atomic mass is 10.00. The van der Waals surface area contributed by atoms with E-state index >= 15 is 0 Å². The van der Waals surface area contributed by atoms with Crippen LogP contribution in [0.15, 0.2) is 72.8 Å². The van der Waals surface area contributed by atoms with Crippen molar-refractivity contribution in [2.24, 2.45) is 0 Å². The molecule has 0 atom stereocenters. The molecule has 0 radical (unpaired) electrons. The Morgan fingerprint density at radius 3 is 2.40 bits per heavy atom. The summed E-state index contributed by atoms with van der Waals surface area (Å²) in [7, 11) is 0. The highest BCUT2D eigenvalue weighted by Crippen LogP contribution is 2.22. The van der Waals surface area contributed by atoms with Crippen LogP contribution in [0.5, 0.6) is 5.75 Å².